The van der Waals surface area contributed by atoms with Crippen LogP contribution in [0.2, 0.25) is 5.02 Å². The molecular formula is C6H3ClN2. The van der Waals surface area contributed by atoms with E-state index in [-0.39, 0.29) is 0 Å². The van der Waals surface area contributed by atoms with Crippen molar-refractivity contribution in [2.45, 2.75) is 0 Å². The quantitative estimate of drug-likeness (QED) is 0.503. The molecule has 0 radical (unpaired) electrons. The van der Waals surface area contributed by atoms with Crippen molar-refractivity contribution in [1.82, 2.24) is 4.98 Å². The number of nitrogens with zero attached hydrogens (tertiary/aromatic N) is 2. The van der Waals surface area contributed by atoms with Gasteiger partial charge in [-0.05, 0) is 6.07 Å². The average molecular weight is 139 g/mol. The predicted octanol–water partition coefficient (Wildman–Crippen LogP) is 2.29. The Morgan fingerprint density at radius 2 is 2.33 bits per heavy atom. The lowest BCUT2D eigenvalue weighted by atomic mass is 10.4. The second-order valence-corrected chi connectivity index (χ2v) is 1.91. The molecule has 1 aromatic rings. The second-order valence-electron chi connectivity index (χ2n) is 1.47. The molecule has 9 heavy (non-hydrogen) atoms. The highest BCUT2D eigenvalue weighted by Crippen LogP contribution is 2.14. The number of halogens is 1. The highest BCUT2D eigenvalue weighted by atomic mass is 35.5. The molecular weight excluding hydrogens is 136 g/mol. The van der Waals surface area contributed by atoms with Gasteiger partial charge in [-0.3, -0.25) is 4.98 Å². The molecule has 0 aliphatic carbocycles. The minimum atomic E-state index is 0.475. The Morgan fingerprint density at radius 3 is 2.78 bits per heavy atom. The minimum absolute atomic E-state index is 0.475. The number of hydrogen-bond acceptors (Lipinski definition) is 1. The molecule has 44 valence electrons. The van der Waals surface area contributed by atoms with E-state index in [0.717, 1.165) is 0 Å². The molecule has 1 rings (SSSR count). The molecule has 0 fully saturated rings. The molecule has 1 heterocycles. The third-order valence-electron chi connectivity index (χ3n) is 0.820. The van der Waals surface area contributed by atoms with Crippen molar-refractivity contribution in [1.29, 1.82) is 0 Å². The summed E-state index contributed by atoms with van der Waals surface area (Å²) < 4.78 is 0. The first kappa shape index (κ1) is 6.06. The fraction of sp³-hybridized carbons (Fsp3) is 0. The largest absolute Gasteiger partial charge is 0.275 e. The van der Waals surface area contributed by atoms with Crippen LogP contribution in [0.1, 0.15) is 0 Å². The predicted molar refractivity (Wildman–Crippen MR) is 35.5 cm³/mol. The molecule has 0 spiro atoms. The van der Waals surface area contributed by atoms with Gasteiger partial charge in [-0.15, -0.1) is 0 Å². The van der Waals surface area contributed by atoms with Crippen LogP contribution in [-0.4, -0.2) is 4.98 Å². The maximum absolute atomic E-state index is 6.57. The number of rotatable bonds is 0. The second kappa shape index (κ2) is 2.47. The molecule has 0 amide bonds. The van der Waals surface area contributed by atoms with Crippen molar-refractivity contribution < 1.29 is 0 Å². The van der Waals surface area contributed by atoms with Crippen molar-refractivity contribution in [2.75, 3.05) is 0 Å². The summed E-state index contributed by atoms with van der Waals surface area (Å²) in [5, 5.41) is 0.503. The van der Waals surface area contributed by atoms with Crippen LogP contribution in [0.15, 0.2) is 18.5 Å². The van der Waals surface area contributed by atoms with Gasteiger partial charge in [0.15, 0.2) is 0 Å². The molecule has 0 aliphatic heterocycles. The molecule has 3 heteroatoms. The van der Waals surface area contributed by atoms with Crippen LogP contribution >= 0.6 is 11.6 Å². The zero-order valence-corrected chi connectivity index (χ0v) is 5.26. The van der Waals surface area contributed by atoms with E-state index in [2.05, 4.69) is 9.83 Å². The lowest BCUT2D eigenvalue weighted by Crippen LogP contribution is -1.67. The van der Waals surface area contributed by atoms with Crippen LogP contribution in [0, 0.1) is 6.57 Å². The number of hydrogen-bond donors (Lipinski definition) is 0. The van der Waals surface area contributed by atoms with Gasteiger partial charge in [0.1, 0.15) is 0 Å². The number of aromatic nitrogens is 1. The minimum Gasteiger partial charge on any atom is -0.275 e. The molecule has 2 nitrogen and oxygen atoms in total. The highest BCUT2D eigenvalue weighted by molar-refractivity contribution is 6.30. The summed E-state index contributed by atoms with van der Waals surface area (Å²) >= 11 is 5.52. The van der Waals surface area contributed by atoms with E-state index in [4.69, 9.17) is 18.2 Å². The number of pyridine rings is 1. The zero-order chi connectivity index (χ0) is 6.69. The van der Waals surface area contributed by atoms with Gasteiger partial charge in [0.25, 0.3) is 0 Å². The van der Waals surface area contributed by atoms with Gasteiger partial charge in [0.05, 0.1) is 6.57 Å². The molecule has 0 unspecified atom stereocenters. The first-order valence-electron chi connectivity index (χ1n) is 2.31. The topological polar surface area (TPSA) is 17.2 Å². The average Bonchev–Trinajstić information content (AvgIpc) is 1.88. The Hall–Kier alpha value is -1.07. The van der Waals surface area contributed by atoms with Gasteiger partial charge in [-0.25, -0.2) is 4.85 Å². The smallest absolute Gasteiger partial charge is 0.206 e. The molecule has 0 saturated heterocycles. The molecule has 1 aromatic heterocycles. The van der Waals surface area contributed by atoms with Crippen molar-refractivity contribution in [2.24, 2.45) is 0 Å². The Balaban J connectivity index is 3.12. The first-order valence-corrected chi connectivity index (χ1v) is 2.69. The summed E-state index contributed by atoms with van der Waals surface area (Å²) in [4.78, 5) is 6.84. The van der Waals surface area contributed by atoms with Crippen LogP contribution in [0.3, 0.4) is 0 Å². The summed E-state index contributed by atoms with van der Waals surface area (Å²) in [5.41, 5.74) is 0.475. The summed E-state index contributed by atoms with van der Waals surface area (Å²) in [5.74, 6) is 0. The molecule has 0 aliphatic rings. The lowest BCUT2D eigenvalue weighted by Gasteiger charge is -1.86. The maximum atomic E-state index is 6.57. The standard InChI is InChI=1S/C6H3ClN2/c1-8-6-2-5(7)3-9-4-6/h2-4H. The normalized spacial score (nSPS) is 8.44. The summed E-state index contributed by atoms with van der Waals surface area (Å²) in [6.07, 6.45) is 2.97. The van der Waals surface area contributed by atoms with E-state index < -0.39 is 0 Å². The summed E-state index contributed by atoms with van der Waals surface area (Å²) in [6, 6.07) is 1.57. The van der Waals surface area contributed by atoms with Gasteiger partial charge in [0, 0.05) is 17.4 Å². The van der Waals surface area contributed by atoms with Gasteiger partial charge in [-0.2, -0.15) is 0 Å². The Kier molecular flexibility index (Phi) is 1.66. The van der Waals surface area contributed by atoms with E-state index in [1.807, 2.05) is 0 Å². The SMILES string of the molecule is [C-]#[N+]c1cncc(Cl)c1. The van der Waals surface area contributed by atoms with Crippen LogP contribution < -0.4 is 0 Å². The van der Waals surface area contributed by atoms with Crippen LogP contribution in [0.5, 0.6) is 0 Å². The Bertz CT molecular complexity index is 251. The third-order valence-corrected chi connectivity index (χ3v) is 1.03. The summed E-state index contributed by atoms with van der Waals surface area (Å²) in [6.45, 7) is 6.57. The molecule has 0 aromatic carbocycles. The van der Waals surface area contributed by atoms with Crippen LogP contribution in [0.25, 0.3) is 4.85 Å². The van der Waals surface area contributed by atoms with Gasteiger partial charge in [0.2, 0.25) is 5.69 Å². The Morgan fingerprint density at radius 1 is 1.56 bits per heavy atom. The van der Waals surface area contributed by atoms with E-state index in [9.17, 15) is 0 Å². The fourth-order valence-electron chi connectivity index (χ4n) is 0.462. The van der Waals surface area contributed by atoms with Crippen LogP contribution in [-0.2, 0) is 0 Å². The monoisotopic (exact) mass is 138 g/mol. The van der Waals surface area contributed by atoms with Crippen molar-refractivity contribution >= 4 is 17.3 Å². The van der Waals surface area contributed by atoms with E-state index in [0.29, 0.717) is 10.7 Å². The van der Waals surface area contributed by atoms with Gasteiger partial charge < -0.3 is 0 Å². The fourth-order valence-corrected chi connectivity index (χ4v) is 0.630. The lowest BCUT2D eigenvalue weighted by molar-refractivity contribution is 1.34. The maximum Gasteiger partial charge on any atom is 0.206 e. The molecule has 0 N–H and O–H groups in total. The van der Waals surface area contributed by atoms with Crippen LogP contribution in [0.4, 0.5) is 5.69 Å². The molecule has 0 saturated carbocycles. The highest BCUT2D eigenvalue weighted by Gasteiger charge is 1.89. The van der Waals surface area contributed by atoms with Crippen molar-refractivity contribution in [3.63, 3.8) is 0 Å². The van der Waals surface area contributed by atoms with Crippen molar-refractivity contribution in [3.8, 4) is 0 Å². The van der Waals surface area contributed by atoms with Gasteiger partial charge in [-0.1, -0.05) is 11.6 Å². The van der Waals surface area contributed by atoms with E-state index in [1.54, 1.807) is 6.07 Å². The summed E-state index contributed by atoms with van der Waals surface area (Å²) in [7, 11) is 0. The van der Waals surface area contributed by atoms with E-state index in [1.165, 1.54) is 12.4 Å². The van der Waals surface area contributed by atoms with E-state index >= 15 is 0 Å². The van der Waals surface area contributed by atoms with Gasteiger partial charge >= 0.3 is 0 Å². The third kappa shape index (κ3) is 1.41. The first-order chi connectivity index (χ1) is 4.33. The molecule has 0 atom stereocenters. The molecule has 0 bridgehead atoms. The Labute approximate surface area is 57.9 Å². The zero-order valence-electron chi connectivity index (χ0n) is 4.50. The van der Waals surface area contributed by atoms with Crippen molar-refractivity contribution in [3.05, 3.63) is 34.9 Å².